The SMILES string of the molecule is Cc1cc(Nc2cccc(N3CCN(C(=O)Nc4ccc5c(c4)CCO5)CC3)n2)n[nH]1. The van der Waals surface area contributed by atoms with Crippen LogP contribution >= 0.6 is 0 Å². The number of nitrogens with zero attached hydrogens (tertiary/aromatic N) is 4. The first-order valence-corrected chi connectivity index (χ1v) is 10.5. The molecule has 3 aromatic rings. The van der Waals surface area contributed by atoms with Crippen molar-refractivity contribution in [3.63, 3.8) is 0 Å². The minimum absolute atomic E-state index is 0.0733. The summed E-state index contributed by atoms with van der Waals surface area (Å²) in [5, 5.41) is 13.3. The molecule has 1 fully saturated rings. The Balaban J connectivity index is 1.17. The molecule has 4 heterocycles. The molecule has 0 saturated carbocycles. The summed E-state index contributed by atoms with van der Waals surface area (Å²) >= 11 is 0. The third kappa shape index (κ3) is 4.25. The molecule has 0 unspecified atom stereocenters. The molecule has 3 N–H and O–H groups in total. The molecule has 31 heavy (non-hydrogen) atoms. The number of hydrogen-bond acceptors (Lipinski definition) is 6. The number of piperazine rings is 1. The van der Waals surface area contributed by atoms with Gasteiger partial charge in [-0.1, -0.05) is 6.07 Å². The van der Waals surface area contributed by atoms with Crippen molar-refractivity contribution in [1.82, 2.24) is 20.1 Å². The van der Waals surface area contributed by atoms with Gasteiger partial charge in [-0.2, -0.15) is 5.10 Å². The molecule has 2 amide bonds. The van der Waals surface area contributed by atoms with Gasteiger partial charge in [0.05, 0.1) is 6.61 Å². The van der Waals surface area contributed by atoms with Crippen molar-refractivity contribution in [3.8, 4) is 5.75 Å². The Bertz CT molecular complexity index is 1090. The summed E-state index contributed by atoms with van der Waals surface area (Å²) in [5.74, 6) is 3.28. The fourth-order valence-electron chi connectivity index (χ4n) is 3.89. The topological polar surface area (TPSA) is 98.4 Å². The maximum absolute atomic E-state index is 12.7. The lowest BCUT2D eigenvalue weighted by molar-refractivity contribution is 0.208. The highest BCUT2D eigenvalue weighted by Crippen LogP contribution is 2.28. The first-order valence-electron chi connectivity index (χ1n) is 10.5. The normalized spacial score (nSPS) is 15.4. The molecule has 0 spiro atoms. The molecule has 2 aromatic heterocycles. The van der Waals surface area contributed by atoms with Crippen molar-refractivity contribution in [3.05, 3.63) is 53.7 Å². The number of ether oxygens (including phenoxy) is 1. The average molecular weight is 419 g/mol. The standard InChI is InChI=1S/C22H25N7O2/c1-15-13-20(27-26-15)24-19-3-2-4-21(25-19)28-8-10-29(11-9-28)22(30)23-17-5-6-18-16(14-17)7-12-31-18/h2-6,13-14H,7-12H2,1H3,(H,23,30)(H2,24,25,26,27). The van der Waals surface area contributed by atoms with Gasteiger partial charge in [-0.15, -0.1) is 0 Å². The zero-order valence-corrected chi connectivity index (χ0v) is 17.4. The van der Waals surface area contributed by atoms with Gasteiger partial charge in [0, 0.05) is 50.0 Å². The van der Waals surface area contributed by atoms with Gasteiger partial charge in [0.1, 0.15) is 17.4 Å². The number of benzene rings is 1. The van der Waals surface area contributed by atoms with Crippen molar-refractivity contribution in [2.24, 2.45) is 0 Å². The van der Waals surface area contributed by atoms with Crippen molar-refractivity contribution in [2.45, 2.75) is 13.3 Å². The molecule has 160 valence electrons. The summed E-state index contributed by atoms with van der Waals surface area (Å²) in [7, 11) is 0. The number of pyridine rings is 1. The number of carbonyl (C=O) groups excluding carboxylic acids is 1. The van der Waals surface area contributed by atoms with Gasteiger partial charge in [-0.25, -0.2) is 9.78 Å². The summed E-state index contributed by atoms with van der Waals surface area (Å²) in [4.78, 5) is 21.4. The van der Waals surface area contributed by atoms with Crippen molar-refractivity contribution < 1.29 is 9.53 Å². The van der Waals surface area contributed by atoms with Crippen molar-refractivity contribution in [2.75, 3.05) is 48.3 Å². The van der Waals surface area contributed by atoms with E-state index in [0.29, 0.717) is 19.7 Å². The number of hydrogen-bond donors (Lipinski definition) is 3. The Hall–Kier alpha value is -3.75. The predicted octanol–water partition coefficient (Wildman–Crippen LogP) is 3.15. The Morgan fingerprint density at radius 1 is 1.10 bits per heavy atom. The van der Waals surface area contributed by atoms with Crippen LogP contribution in [0.2, 0.25) is 0 Å². The quantitative estimate of drug-likeness (QED) is 0.601. The molecular formula is C22H25N7O2. The lowest BCUT2D eigenvalue weighted by Gasteiger charge is -2.35. The number of anilines is 4. The highest BCUT2D eigenvalue weighted by atomic mass is 16.5. The molecule has 9 heteroatoms. The van der Waals surface area contributed by atoms with Crippen molar-refractivity contribution in [1.29, 1.82) is 0 Å². The number of H-pyrrole nitrogens is 1. The van der Waals surface area contributed by atoms with E-state index in [9.17, 15) is 4.79 Å². The molecule has 0 atom stereocenters. The largest absolute Gasteiger partial charge is 0.493 e. The van der Waals surface area contributed by atoms with Crippen LogP contribution in [0.25, 0.3) is 0 Å². The Kier molecular flexibility index (Phi) is 5.07. The minimum atomic E-state index is -0.0733. The van der Waals surface area contributed by atoms with Crippen LogP contribution in [0.4, 0.5) is 27.9 Å². The van der Waals surface area contributed by atoms with Crippen molar-refractivity contribution >= 4 is 29.2 Å². The molecule has 2 aliphatic rings. The van der Waals surface area contributed by atoms with E-state index < -0.39 is 0 Å². The maximum Gasteiger partial charge on any atom is 0.321 e. The summed E-state index contributed by atoms with van der Waals surface area (Å²) in [5.41, 5.74) is 2.94. The molecule has 1 aromatic carbocycles. The van der Waals surface area contributed by atoms with Gasteiger partial charge < -0.3 is 25.2 Å². The number of fused-ring (bicyclic) bond motifs is 1. The Morgan fingerprint density at radius 3 is 2.77 bits per heavy atom. The third-order valence-corrected chi connectivity index (χ3v) is 5.53. The highest BCUT2D eigenvalue weighted by molar-refractivity contribution is 5.89. The number of carbonyl (C=O) groups is 1. The van der Waals surface area contributed by atoms with E-state index in [4.69, 9.17) is 9.72 Å². The number of aromatic nitrogens is 3. The summed E-state index contributed by atoms with van der Waals surface area (Å²) in [6.07, 6.45) is 0.887. The van der Waals surface area contributed by atoms with Crippen LogP contribution in [0.15, 0.2) is 42.5 Å². The van der Waals surface area contributed by atoms with E-state index in [1.807, 2.05) is 54.3 Å². The number of aryl methyl sites for hydroxylation is 1. The molecule has 9 nitrogen and oxygen atoms in total. The second-order valence-electron chi connectivity index (χ2n) is 7.77. The molecule has 0 aliphatic carbocycles. The Morgan fingerprint density at radius 2 is 1.97 bits per heavy atom. The summed E-state index contributed by atoms with van der Waals surface area (Å²) in [6.45, 7) is 5.39. The lowest BCUT2D eigenvalue weighted by Crippen LogP contribution is -2.50. The van der Waals surface area contributed by atoms with E-state index in [1.165, 1.54) is 0 Å². The molecule has 5 rings (SSSR count). The van der Waals surface area contributed by atoms with E-state index in [2.05, 4.69) is 25.7 Å². The molecule has 0 bridgehead atoms. The molecule has 2 aliphatic heterocycles. The highest BCUT2D eigenvalue weighted by Gasteiger charge is 2.23. The minimum Gasteiger partial charge on any atom is -0.493 e. The second kappa shape index (κ2) is 8.17. The summed E-state index contributed by atoms with van der Waals surface area (Å²) < 4.78 is 5.53. The van der Waals surface area contributed by atoms with Gasteiger partial charge in [0.2, 0.25) is 0 Å². The van der Waals surface area contributed by atoms with Gasteiger partial charge in [-0.3, -0.25) is 5.10 Å². The number of amides is 2. The molecule has 0 radical (unpaired) electrons. The molecule has 1 saturated heterocycles. The smallest absolute Gasteiger partial charge is 0.321 e. The van der Waals surface area contributed by atoms with Crippen LogP contribution in [0.5, 0.6) is 5.75 Å². The van der Waals surface area contributed by atoms with Crippen LogP contribution in [0.1, 0.15) is 11.3 Å². The van der Waals surface area contributed by atoms with Crippen LogP contribution in [0, 0.1) is 6.92 Å². The van der Waals surface area contributed by atoms with Crippen LogP contribution in [-0.4, -0.2) is 58.9 Å². The van der Waals surface area contributed by atoms with E-state index in [0.717, 1.165) is 59.7 Å². The lowest BCUT2D eigenvalue weighted by atomic mass is 10.1. The maximum atomic E-state index is 12.7. The predicted molar refractivity (Wildman–Crippen MR) is 119 cm³/mol. The van der Waals surface area contributed by atoms with Crippen LogP contribution in [-0.2, 0) is 6.42 Å². The van der Waals surface area contributed by atoms with Crippen LogP contribution < -0.4 is 20.3 Å². The van der Waals surface area contributed by atoms with Crippen LogP contribution in [0.3, 0.4) is 0 Å². The van der Waals surface area contributed by atoms with Gasteiger partial charge in [0.25, 0.3) is 0 Å². The van der Waals surface area contributed by atoms with Gasteiger partial charge in [0.15, 0.2) is 5.82 Å². The third-order valence-electron chi connectivity index (χ3n) is 5.53. The van der Waals surface area contributed by atoms with Gasteiger partial charge in [-0.05, 0) is 42.8 Å². The first-order chi connectivity index (χ1) is 15.1. The zero-order chi connectivity index (χ0) is 21.2. The van der Waals surface area contributed by atoms with Gasteiger partial charge >= 0.3 is 6.03 Å². The van der Waals surface area contributed by atoms with E-state index in [-0.39, 0.29) is 6.03 Å². The number of rotatable bonds is 4. The summed E-state index contributed by atoms with van der Waals surface area (Å²) in [6, 6.07) is 13.5. The van der Waals surface area contributed by atoms with E-state index >= 15 is 0 Å². The second-order valence-corrected chi connectivity index (χ2v) is 7.77. The number of urea groups is 1. The number of aromatic amines is 1. The average Bonchev–Trinajstić information content (AvgIpc) is 3.42. The fourth-order valence-corrected chi connectivity index (χ4v) is 3.89. The Labute approximate surface area is 180 Å². The van der Waals surface area contributed by atoms with E-state index in [1.54, 1.807) is 0 Å². The first kappa shape index (κ1) is 19.2. The monoisotopic (exact) mass is 419 g/mol. The number of nitrogens with one attached hydrogen (secondary N) is 3. The molecular weight excluding hydrogens is 394 g/mol. The zero-order valence-electron chi connectivity index (χ0n) is 17.4. The fraction of sp³-hybridized carbons (Fsp3) is 0.318.